The maximum atomic E-state index is 12.6. The normalized spacial score (nSPS) is 11.0. The van der Waals surface area contributed by atoms with Gasteiger partial charge in [-0.3, -0.25) is 19.7 Å². The number of carbonyl (C=O) groups is 1. The van der Waals surface area contributed by atoms with Crippen LogP contribution in [0.15, 0.2) is 81.4 Å². The number of para-hydroxylation sites is 2. The van der Waals surface area contributed by atoms with Gasteiger partial charge in [0.05, 0.1) is 22.0 Å². The number of nitrogens with one attached hydrogen (secondary N) is 2. The van der Waals surface area contributed by atoms with E-state index in [1.54, 1.807) is 36.4 Å². The summed E-state index contributed by atoms with van der Waals surface area (Å²) < 4.78 is 6.00. The molecule has 11 nitrogen and oxygen atoms in total. The van der Waals surface area contributed by atoms with Crippen molar-refractivity contribution >= 4 is 34.4 Å². The van der Waals surface area contributed by atoms with Crippen molar-refractivity contribution in [2.24, 2.45) is 5.10 Å². The monoisotopic (exact) mass is 473 g/mol. The predicted molar refractivity (Wildman–Crippen MR) is 130 cm³/mol. The van der Waals surface area contributed by atoms with Gasteiger partial charge in [-0.1, -0.05) is 30.3 Å². The first kappa shape index (κ1) is 23.1. The fourth-order valence-electron chi connectivity index (χ4n) is 3.30. The Kier molecular flexibility index (Phi) is 6.49. The smallest absolute Gasteiger partial charge is 0.349 e. The third kappa shape index (κ3) is 5.14. The van der Waals surface area contributed by atoms with Crippen molar-refractivity contribution in [2.45, 2.75) is 6.92 Å². The average molecular weight is 473 g/mol. The number of fused-ring (bicyclic) bond motifs is 1. The zero-order valence-electron chi connectivity index (χ0n) is 18.4. The first-order valence-corrected chi connectivity index (χ1v) is 10.4. The number of nitro benzene ring substituents is 1. The second-order valence-electron chi connectivity index (χ2n) is 7.47. The van der Waals surface area contributed by atoms with E-state index in [1.165, 1.54) is 18.2 Å². The molecule has 4 rings (SSSR count). The highest BCUT2D eigenvalue weighted by atomic mass is 16.6. The van der Waals surface area contributed by atoms with Crippen LogP contribution in [-0.2, 0) is 4.79 Å². The lowest BCUT2D eigenvalue weighted by atomic mass is 10.2. The summed E-state index contributed by atoms with van der Waals surface area (Å²) in [6.07, 6.45) is 1.15. The van der Waals surface area contributed by atoms with E-state index in [0.29, 0.717) is 15.9 Å². The van der Waals surface area contributed by atoms with Crippen molar-refractivity contribution in [1.82, 2.24) is 9.66 Å². The molecule has 1 heterocycles. The first-order chi connectivity index (χ1) is 16.8. The third-order valence-electron chi connectivity index (χ3n) is 5.06. The van der Waals surface area contributed by atoms with E-state index >= 15 is 0 Å². The fourth-order valence-corrected chi connectivity index (χ4v) is 3.30. The molecule has 0 unspecified atom stereocenters. The number of hydrogen-bond donors (Lipinski definition) is 2. The minimum Gasteiger partial charge on any atom is -0.477 e. The Morgan fingerprint density at radius 1 is 1.14 bits per heavy atom. The molecule has 4 aromatic rings. The SMILES string of the molecule is Cc1ccccc1NC(=O)COc1ccc(C=Nn2c(=O)[nH]c3ccccc3c2=O)cc1[N+](=O)[O-]. The van der Waals surface area contributed by atoms with Crippen LogP contribution in [0.3, 0.4) is 0 Å². The van der Waals surface area contributed by atoms with E-state index in [0.717, 1.165) is 11.8 Å². The number of nitro groups is 1. The molecule has 0 fully saturated rings. The molecular formula is C24H19N5O6. The summed E-state index contributed by atoms with van der Waals surface area (Å²) in [5.41, 5.74) is 0.303. The maximum absolute atomic E-state index is 12.6. The number of rotatable bonds is 7. The molecule has 2 N–H and O–H groups in total. The molecule has 0 aliphatic carbocycles. The Bertz CT molecular complexity index is 1590. The van der Waals surface area contributed by atoms with E-state index in [4.69, 9.17) is 4.74 Å². The van der Waals surface area contributed by atoms with Gasteiger partial charge in [0.2, 0.25) is 0 Å². The Morgan fingerprint density at radius 3 is 2.66 bits per heavy atom. The number of hydrogen-bond acceptors (Lipinski definition) is 7. The number of anilines is 1. The van der Waals surface area contributed by atoms with Crippen LogP contribution in [0.2, 0.25) is 0 Å². The minimum absolute atomic E-state index is 0.118. The number of carbonyl (C=O) groups excluding carboxylic acids is 1. The molecule has 0 spiro atoms. The van der Waals surface area contributed by atoms with Crippen molar-refractivity contribution in [3.05, 3.63) is 109 Å². The highest BCUT2D eigenvalue weighted by Crippen LogP contribution is 2.27. The van der Waals surface area contributed by atoms with Crippen LogP contribution < -0.4 is 21.3 Å². The molecule has 0 saturated heterocycles. The third-order valence-corrected chi connectivity index (χ3v) is 5.06. The van der Waals surface area contributed by atoms with Crippen molar-refractivity contribution < 1.29 is 14.5 Å². The quantitative estimate of drug-likeness (QED) is 0.239. The number of ether oxygens (including phenoxy) is 1. The number of amides is 1. The lowest BCUT2D eigenvalue weighted by molar-refractivity contribution is -0.385. The topological polar surface area (TPSA) is 149 Å². The summed E-state index contributed by atoms with van der Waals surface area (Å²) in [5.74, 6) is -0.595. The molecule has 35 heavy (non-hydrogen) atoms. The number of aryl methyl sites for hydroxylation is 1. The molecule has 176 valence electrons. The van der Waals surface area contributed by atoms with Gasteiger partial charge in [0.15, 0.2) is 12.4 Å². The second-order valence-corrected chi connectivity index (χ2v) is 7.47. The van der Waals surface area contributed by atoms with Crippen molar-refractivity contribution in [2.75, 3.05) is 11.9 Å². The molecule has 0 aliphatic rings. The van der Waals surface area contributed by atoms with Gasteiger partial charge in [-0.15, -0.1) is 4.68 Å². The molecule has 3 aromatic carbocycles. The van der Waals surface area contributed by atoms with E-state index in [1.807, 2.05) is 19.1 Å². The Labute approximate surface area is 197 Å². The van der Waals surface area contributed by atoms with E-state index in [2.05, 4.69) is 15.4 Å². The number of aromatic nitrogens is 2. The highest BCUT2D eigenvalue weighted by Gasteiger charge is 2.17. The van der Waals surface area contributed by atoms with Crippen LogP contribution in [0.1, 0.15) is 11.1 Å². The summed E-state index contributed by atoms with van der Waals surface area (Å²) in [7, 11) is 0. The molecule has 0 atom stereocenters. The van der Waals surface area contributed by atoms with Crippen molar-refractivity contribution in [3.63, 3.8) is 0 Å². The lowest BCUT2D eigenvalue weighted by Crippen LogP contribution is -2.32. The van der Waals surface area contributed by atoms with Gasteiger partial charge in [-0.25, -0.2) is 4.79 Å². The van der Waals surface area contributed by atoms with Crippen LogP contribution in [-0.4, -0.2) is 33.3 Å². The van der Waals surface area contributed by atoms with E-state index < -0.39 is 34.4 Å². The van der Waals surface area contributed by atoms with Crippen LogP contribution in [0.5, 0.6) is 5.75 Å². The molecule has 11 heteroatoms. The van der Waals surface area contributed by atoms with Gasteiger partial charge in [-0.2, -0.15) is 5.10 Å². The molecule has 0 bridgehead atoms. The zero-order valence-corrected chi connectivity index (χ0v) is 18.4. The first-order valence-electron chi connectivity index (χ1n) is 10.4. The predicted octanol–water partition coefficient (Wildman–Crippen LogP) is 2.81. The standard InChI is InChI=1S/C24H19N5O6/c1-15-6-2-4-8-18(15)26-22(30)14-35-21-11-10-16(12-20(21)29(33)34)13-25-28-23(31)17-7-3-5-9-19(17)27-24(28)32/h2-13H,14H2,1H3,(H,26,30)(H,27,32). The average Bonchev–Trinajstić information content (AvgIpc) is 2.84. The Hall–Kier alpha value is -5.06. The highest BCUT2D eigenvalue weighted by molar-refractivity contribution is 5.92. The molecule has 1 aromatic heterocycles. The number of nitrogens with zero attached hydrogens (tertiary/aromatic N) is 3. The Balaban J connectivity index is 1.53. The molecule has 1 amide bonds. The molecule has 0 saturated carbocycles. The second kappa shape index (κ2) is 9.83. The van der Waals surface area contributed by atoms with Crippen molar-refractivity contribution in [3.8, 4) is 5.75 Å². The van der Waals surface area contributed by atoms with Crippen LogP contribution in [0, 0.1) is 17.0 Å². The summed E-state index contributed by atoms with van der Waals surface area (Å²) in [5, 5.41) is 18.4. The summed E-state index contributed by atoms with van der Waals surface area (Å²) in [4.78, 5) is 50.4. The summed E-state index contributed by atoms with van der Waals surface area (Å²) in [6, 6.07) is 17.6. The minimum atomic E-state index is -0.751. The molecular weight excluding hydrogens is 454 g/mol. The zero-order chi connectivity index (χ0) is 24.9. The van der Waals surface area contributed by atoms with E-state index in [-0.39, 0.29) is 16.7 Å². The van der Waals surface area contributed by atoms with Gasteiger partial charge in [0.25, 0.3) is 11.5 Å². The number of aromatic amines is 1. The van der Waals surface area contributed by atoms with Crippen LogP contribution >= 0.6 is 0 Å². The number of H-pyrrole nitrogens is 1. The lowest BCUT2D eigenvalue weighted by Gasteiger charge is -2.10. The summed E-state index contributed by atoms with van der Waals surface area (Å²) >= 11 is 0. The van der Waals surface area contributed by atoms with Crippen LogP contribution in [0.4, 0.5) is 11.4 Å². The van der Waals surface area contributed by atoms with Gasteiger partial charge in [0, 0.05) is 17.3 Å². The summed E-state index contributed by atoms with van der Waals surface area (Å²) in [6.45, 7) is 1.39. The van der Waals surface area contributed by atoms with E-state index in [9.17, 15) is 24.5 Å². The largest absolute Gasteiger partial charge is 0.477 e. The maximum Gasteiger partial charge on any atom is 0.349 e. The Morgan fingerprint density at radius 2 is 1.89 bits per heavy atom. The van der Waals surface area contributed by atoms with Crippen molar-refractivity contribution in [1.29, 1.82) is 0 Å². The van der Waals surface area contributed by atoms with Gasteiger partial charge in [0.1, 0.15) is 0 Å². The van der Waals surface area contributed by atoms with Gasteiger partial charge in [-0.05, 0) is 42.8 Å². The molecule has 0 radical (unpaired) electrons. The molecule has 0 aliphatic heterocycles. The van der Waals surface area contributed by atoms with Gasteiger partial charge < -0.3 is 15.0 Å². The van der Waals surface area contributed by atoms with Crippen LogP contribution in [0.25, 0.3) is 10.9 Å². The van der Waals surface area contributed by atoms with Gasteiger partial charge >= 0.3 is 11.4 Å². The fraction of sp³-hybridized carbons (Fsp3) is 0.0833. The number of benzene rings is 3.